The molecule has 0 unspecified atom stereocenters. The van der Waals surface area contributed by atoms with E-state index in [0.717, 1.165) is 13.0 Å². The second kappa shape index (κ2) is 4.26. The van der Waals surface area contributed by atoms with E-state index in [-0.39, 0.29) is 11.9 Å². The van der Waals surface area contributed by atoms with E-state index in [2.05, 4.69) is 22.8 Å². The van der Waals surface area contributed by atoms with Crippen LogP contribution in [0.5, 0.6) is 0 Å². The number of rotatable bonds is 2. The van der Waals surface area contributed by atoms with Crippen LogP contribution in [0, 0.1) is 0 Å². The summed E-state index contributed by atoms with van der Waals surface area (Å²) in [7, 11) is 0. The number of hydrogen-bond acceptors (Lipinski definition) is 2. The lowest BCUT2D eigenvalue weighted by molar-refractivity contribution is -0.129. The van der Waals surface area contributed by atoms with E-state index < -0.39 is 5.54 Å². The molecule has 2 rings (SSSR count). The zero-order chi connectivity index (χ0) is 11.6. The van der Waals surface area contributed by atoms with Crippen molar-refractivity contribution in [1.29, 1.82) is 0 Å². The van der Waals surface area contributed by atoms with Crippen LogP contribution in [0.25, 0.3) is 0 Å². The minimum Gasteiger partial charge on any atom is -0.350 e. The Morgan fingerprint density at radius 2 is 2.00 bits per heavy atom. The molecule has 0 aromatic heterocycles. The highest BCUT2D eigenvalue weighted by molar-refractivity contribution is 5.86. The van der Waals surface area contributed by atoms with Crippen LogP contribution >= 0.6 is 0 Å². The number of carbonyl (C=O) groups excluding carboxylic acids is 1. The predicted molar refractivity (Wildman–Crippen MR) is 64.2 cm³/mol. The normalized spacial score (nSPS) is 23.9. The topological polar surface area (TPSA) is 41.1 Å². The molecule has 1 heterocycles. The number of piperazine rings is 1. The fourth-order valence-electron chi connectivity index (χ4n) is 1.90. The quantitative estimate of drug-likeness (QED) is 0.780. The van der Waals surface area contributed by atoms with Gasteiger partial charge in [-0.2, -0.15) is 0 Å². The summed E-state index contributed by atoms with van der Waals surface area (Å²) >= 11 is 0. The van der Waals surface area contributed by atoms with E-state index >= 15 is 0 Å². The van der Waals surface area contributed by atoms with E-state index in [1.54, 1.807) is 0 Å². The van der Waals surface area contributed by atoms with Gasteiger partial charge in [0.25, 0.3) is 0 Å². The van der Waals surface area contributed by atoms with Gasteiger partial charge in [-0.15, -0.1) is 0 Å². The molecule has 0 bridgehead atoms. The first-order valence-corrected chi connectivity index (χ1v) is 5.68. The van der Waals surface area contributed by atoms with Crippen LogP contribution in [0.3, 0.4) is 0 Å². The van der Waals surface area contributed by atoms with Gasteiger partial charge in [-0.25, -0.2) is 0 Å². The molecule has 86 valence electrons. The Balaban J connectivity index is 1.97. The van der Waals surface area contributed by atoms with Gasteiger partial charge in [-0.05, 0) is 25.8 Å². The smallest absolute Gasteiger partial charge is 0.240 e. The highest BCUT2D eigenvalue weighted by atomic mass is 16.2. The summed E-state index contributed by atoms with van der Waals surface area (Å²) in [6.07, 6.45) is 0.885. The zero-order valence-electron chi connectivity index (χ0n) is 9.79. The zero-order valence-corrected chi connectivity index (χ0v) is 9.79. The Labute approximate surface area is 96.2 Å². The van der Waals surface area contributed by atoms with E-state index in [1.807, 2.05) is 32.0 Å². The molecule has 1 aromatic carbocycles. The van der Waals surface area contributed by atoms with Gasteiger partial charge in [-0.1, -0.05) is 30.3 Å². The third-order valence-electron chi connectivity index (χ3n) is 3.02. The first kappa shape index (κ1) is 11.1. The Bertz CT molecular complexity index is 373. The molecule has 3 heteroatoms. The Morgan fingerprint density at radius 3 is 2.62 bits per heavy atom. The molecule has 0 spiro atoms. The summed E-state index contributed by atoms with van der Waals surface area (Å²) < 4.78 is 0. The van der Waals surface area contributed by atoms with Crippen molar-refractivity contribution < 1.29 is 4.79 Å². The minimum atomic E-state index is -0.437. The molecule has 1 saturated heterocycles. The fourth-order valence-corrected chi connectivity index (χ4v) is 1.90. The molecule has 1 aliphatic heterocycles. The maximum atomic E-state index is 11.7. The van der Waals surface area contributed by atoms with Gasteiger partial charge in [0.15, 0.2) is 0 Å². The minimum absolute atomic E-state index is 0.0830. The highest BCUT2D eigenvalue weighted by Gasteiger charge is 2.33. The molecule has 0 radical (unpaired) electrons. The van der Waals surface area contributed by atoms with E-state index in [4.69, 9.17) is 0 Å². The number of nitrogens with one attached hydrogen (secondary N) is 2. The van der Waals surface area contributed by atoms with Gasteiger partial charge >= 0.3 is 0 Å². The third kappa shape index (κ3) is 2.42. The number of hydrogen-bond donors (Lipinski definition) is 2. The maximum Gasteiger partial charge on any atom is 0.240 e. The number of carbonyl (C=O) groups is 1. The molecule has 1 aliphatic rings. The molecule has 1 fully saturated rings. The van der Waals surface area contributed by atoms with Crippen molar-refractivity contribution in [3.63, 3.8) is 0 Å². The largest absolute Gasteiger partial charge is 0.350 e. The summed E-state index contributed by atoms with van der Waals surface area (Å²) in [4.78, 5) is 11.7. The van der Waals surface area contributed by atoms with Crippen LogP contribution in [0.2, 0.25) is 0 Å². The van der Waals surface area contributed by atoms with Gasteiger partial charge in [0, 0.05) is 12.6 Å². The van der Waals surface area contributed by atoms with Gasteiger partial charge in [0.2, 0.25) is 5.91 Å². The summed E-state index contributed by atoms with van der Waals surface area (Å²) in [5.41, 5.74) is 0.821. The molecule has 16 heavy (non-hydrogen) atoms. The average Bonchev–Trinajstić information content (AvgIpc) is 2.26. The van der Waals surface area contributed by atoms with Crippen molar-refractivity contribution in [3.8, 4) is 0 Å². The van der Waals surface area contributed by atoms with Crippen molar-refractivity contribution in [1.82, 2.24) is 10.6 Å². The first-order valence-electron chi connectivity index (χ1n) is 5.68. The van der Waals surface area contributed by atoms with Crippen LogP contribution < -0.4 is 10.6 Å². The standard InChI is InChI=1S/C13H18N2O/c1-13(2)12(16)15-11(9-14-13)8-10-6-4-3-5-7-10/h3-7,11,14H,8-9H2,1-2H3,(H,15,16)/t11-/m0/s1. The van der Waals surface area contributed by atoms with Crippen LogP contribution in [0.4, 0.5) is 0 Å². The Morgan fingerprint density at radius 1 is 1.31 bits per heavy atom. The average molecular weight is 218 g/mol. The lowest BCUT2D eigenvalue weighted by Gasteiger charge is -2.35. The molecular formula is C13H18N2O. The monoisotopic (exact) mass is 218 g/mol. The van der Waals surface area contributed by atoms with Gasteiger partial charge in [0.1, 0.15) is 0 Å². The molecule has 2 N–H and O–H groups in total. The molecule has 0 saturated carbocycles. The van der Waals surface area contributed by atoms with Crippen LogP contribution in [-0.4, -0.2) is 24.0 Å². The van der Waals surface area contributed by atoms with Crippen molar-refractivity contribution in [2.45, 2.75) is 31.8 Å². The summed E-state index contributed by atoms with van der Waals surface area (Å²) in [5.74, 6) is 0.0830. The molecule has 0 aliphatic carbocycles. The van der Waals surface area contributed by atoms with Crippen LogP contribution in [0.15, 0.2) is 30.3 Å². The van der Waals surface area contributed by atoms with Crippen molar-refractivity contribution in [3.05, 3.63) is 35.9 Å². The SMILES string of the molecule is CC1(C)NC[C@H](Cc2ccccc2)NC1=O. The summed E-state index contributed by atoms with van der Waals surface area (Å²) in [6, 6.07) is 10.4. The Hall–Kier alpha value is -1.35. The second-order valence-electron chi connectivity index (χ2n) is 4.87. The van der Waals surface area contributed by atoms with Gasteiger partial charge < -0.3 is 10.6 Å². The molecule has 1 aromatic rings. The predicted octanol–water partition coefficient (Wildman–Crippen LogP) is 1.10. The van der Waals surface area contributed by atoms with E-state index in [1.165, 1.54) is 5.56 Å². The van der Waals surface area contributed by atoms with Crippen molar-refractivity contribution in [2.75, 3.05) is 6.54 Å². The lowest BCUT2D eigenvalue weighted by Crippen LogP contribution is -2.64. The van der Waals surface area contributed by atoms with E-state index in [0.29, 0.717) is 0 Å². The third-order valence-corrected chi connectivity index (χ3v) is 3.02. The summed E-state index contributed by atoms with van der Waals surface area (Å²) in [5, 5.41) is 6.32. The van der Waals surface area contributed by atoms with E-state index in [9.17, 15) is 4.79 Å². The van der Waals surface area contributed by atoms with Crippen LogP contribution in [-0.2, 0) is 11.2 Å². The number of benzene rings is 1. The highest BCUT2D eigenvalue weighted by Crippen LogP contribution is 2.11. The molecular weight excluding hydrogens is 200 g/mol. The second-order valence-corrected chi connectivity index (χ2v) is 4.87. The maximum absolute atomic E-state index is 11.7. The van der Waals surface area contributed by atoms with Crippen molar-refractivity contribution in [2.24, 2.45) is 0 Å². The molecule has 3 nitrogen and oxygen atoms in total. The summed E-state index contributed by atoms with van der Waals surface area (Å²) in [6.45, 7) is 4.63. The fraction of sp³-hybridized carbons (Fsp3) is 0.462. The lowest BCUT2D eigenvalue weighted by atomic mass is 9.97. The first-order chi connectivity index (χ1) is 7.58. The Kier molecular flexibility index (Phi) is 2.97. The van der Waals surface area contributed by atoms with Crippen molar-refractivity contribution >= 4 is 5.91 Å². The van der Waals surface area contributed by atoms with Gasteiger partial charge in [0.05, 0.1) is 5.54 Å². The van der Waals surface area contributed by atoms with Crippen LogP contribution in [0.1, 0.15) is 19.4 Å². The van der Waals surface area contributed by atoms with Gasteiger partial charge in [-0.3, -0.25) is 4.79 Å². The molecule has 1 amide bonds. The molecule has 1 atom stereocenters. The number of amides is 1.